The summed E-state index contributed by atoms with van der Waals surface area (Å²) < 4.78 is 0. The minimum Gasteiger partial charge on any atom is -0.325 e. The van der Waals surface area contributed by atoms with Gasteiger partial charge in [-0.25, -0.2) is 0 Å². The molecule has 66 valence electrons. The molecule has 0 unspecified atom stereocenters. The summed E-state index contributed by atoms with van der Waals surface area (Å²) in [7, 11) is 0. The van der Waals surface area contributed by atoms with E-state index in [1.807, 2.05) is 6.07 Å². The number of carbonyl (C=O) groups is 1. The molecule has 4 heteroatoms. The number of pyridine rings is 1. The maximum Gasteiger partial charge on any atom is 0.221 e. The third kappa shape index (κ3) is 2.27. The van der Waals surface area contributed by atoms with Crippen LogP contribution in [-0.4, -0.2) is 10.9 Å². The first-order valence-corrected chi connectivity index (χ1v) is 3.78. The highest BCUT2D eigenvalue weighted by Crippen LogP contribution is 2.12. The number of aryl methyl sites for hydroxylation is 1. The summed E-state index contributed by atoms with van der Waals surface area (Å²) in [6.07, 6.45) is 1.47. The fraction of sp³-hybridized carbons (Fsp3) is 0.222. The molecule has 0 fully saturated rings. The Labute approximate surface area is 76.2 Å². The van der Waals surface area contributed by atoms with Crippen LogP contribution >= 0.6 is 0 Å². The quantitative estimate of drug-likeness (QED) is 0.697. The van der Waals surface area contributed by atoms with Gasteiger partial charge in [0.15, 0.2) is 0 Å². The molecule has 1 N–H and O–H groups in total. The fourth-order valence-electron chi connectivity index (χ4n) is 0.910. The lowest BCUT2D eigenvalue weighted by molar-refractivity contribution is -0.114. The van der Waals surface area contributed by atoms with Crippen molar-refractivity contribution in [2.45, 2.75) is 13.8 Å². The molecule has 0 radical (unpaired) electrons. The Hall–Kier alpha value is -1.89. The van der Waals surface area contributed by atoms with E-state index in [1.165, 1.54) is 13.1 Å². The number of aromatic nitrogens is 1. The van der Waals surface area contributed by atoms with Gasteiger partial charge in [-0.1, -0.05) is 0 Å². The molecule has 13 heavy (non-hydrogen) atoms. The zero-order valence-corrected chi connectivity index (χ0v) is 7.46. The van der Waals surface area contributed by atoms with Crippen molar-refractivity contribution in [1.82, 2.24) is 4.98 Å². The molecule has 0 atom stereocenters. The molecule has 0 bridgehead atoms. The molecule has 0 saturated carbocycles. The van der Waals surface area contributed by atoms with Crippen molar-refractivity contribution >= 4 is 11.6 Å². The number of hydrogen-bond acceptors (Lipinski definition) is 3. The number of rotatable bonds is 1. The Kier molecular flexibility index (Phi) is 2.60. The Morgan fingerprint density at radius 1 is 1.69 bits per heavy atom. The van der Waals surface area contributed by atoms with Gasteiger partial charge in [-0.05, 0) is 13.0 Å². The molecule has 1 amide bonds. The Morgan fingerprint density at radius 2 is 2.38 bits per heavy atom. The third-order valence-corrected chi connectivity index (χ3v) is 1.53. The third-order valence-electron chi connectivity index (χ3n) is 1.53. The molecular formula is C9H9N3O. The number of anilines is 1. The molecule has 1 heterocycles. The predicted octanol–water partition coefficient (Wildman–Crippen LogP) is 1.22. The Morgan fingerprint density at radius 3 is 2.92 bits per heavy atom. The van der Waals surface area contributed by atoms with Gasteiger partial charge in [0.1, 0.15) is 6.07 Å². The minimum absolute atomic E-state index is 0.167. The van der Waals surface area contributed by atoms with Crippen LogP contribution in [0.5, 0.6) is 0 Å². The van der Waals surface area contributed by atoms with Crippen LogP contribution in [-0.2, 0) is 4.79 Å². The van der Waals surface area contributed by atoms with E-state index in [4.69, 9.17) is 5.26 Å². The van der Waals surface area contributed by atoms with Crippen LogP contribution in [0.25, 0.3) is 0 Å². The zero-order chi connectivity index (χ0) is 9.84. The molecule has 1 rings (SSSR count). The second kappa shape index (κ2) is 3.68. The standard InChI is InChI=1S/C9H9N3O/c1-6-9(12-7(2)13)3-8(4-10)5-11-6/h3,5H,1-2H3,(H,12,13). The van der Waals surface area contributed by atoms with Gasteiger partial charge in [0.2, 0.25) is 5.91 Å². The number of hydrogen-bond donors (Lipinski definition) is 1. The lowest BCUT2D eigenvalue weighted by Gasteiger charge is -2.04. The van der Waals surface area contributed by atoms with Gasteiger partial charge in [-0.3, -0.25) is 9.78 Å². The summed E-state index contributed by atoms with van der Waals surface area (Å²) in [6, 6.07) is 3.55. The van der Waals surface area contributed by atoms with Gasteiger partial charge in [0.25, 0.3) is 0 Å². The average molecular weight is 175 g/mol. The zero-order valence-electron chi connectivity index (χ0n) is 7.46. The maximum absolute atomic E-state index is 10.7. The fourth-order valence-corrected chi connectivity index (χ4v) is 0.910. The van der Waals surface area contributed by atoms with Gasteiger partial charge in [0.05, 0.1) is 16.9 Å². The van der Waals surface area contributed by atoms with Crippen LogP contribution in [0.1, 0.15) is 18.2 Å². The first kappa shape index (κ1) is 9.20. The highest BCUT2D eigenvalue weighted by molar-refractivity contribution is 5.89. The largest absolute Gasteiger partial charge is 0.325 e. The van der Waals surface area contributed by atoms with E-state index in [2.05, 4.69) is 10.3 Å². The van der Waals surface area contributed by atoms with E-state index in [0.29, 0.717) is 16.9 Å². The SMILES string of the molecule is CC(=O)Nc1cc(C#N)cnc1C. The minimum atomic E-state index is -0.167. The van der Waals surface area contributed by atoms with Gasteiger partial charge >= 0.3 is 0 Å². The van der Waals surface area contributed by atoms with Crippen molar-refractivity contribution in [1.29, 1.82) is 5.26 Å². The van der Waals surface area contributed by atoms with E-state index in [0.717, 1.165) is 0 Å². The van der Waals surface area contributed by atoms with Crippen LogP contribution in [0.15, 0.2) is 12.3 Å². The van der Waals surface area contributed by atoms with Crippen molar-refractivity contribution in [2.24, 2.45) is 0 Å². The molecular weight excluding hydrogens is 166 g/mol. The number of nitrogens with zero attached hydrogens (tertiary/aromatic N) is 2. The summed E-state index contributed by atoms with van der Waals surface area (Å²) in [5, 5.41) is 11.2. The van der Waals surface area contributed by atoms with Gasteiger partial charge < -0.3 is 5.32 Å². The normalized spacial score (nSPS) is 9.00. The average Bonchev–Trinajstić information content (AvgIpc) is 2.08. The summed E-state index contributed by atoms with van der Waals surface area (Å²) in [5.41, 5.74) is 1.73. The summed E-state index contributed by atoms with van der Waals surface area (Å²) in [6.45, 7) is 3.19. The number of nitrogens with one attached hydrogen (secondary N) is 1. The highest BCUT2D eigenvalue weighted by atomic mass is 16.1. The molecule has 0 aliphatic rings. The van der Waals surface area contributed by atoms with Crippen molar-refractivity contribution < 1.29 is 4.79 Å². The summed E-state index contributed by atoms with van der Waals surface area (Å²) in [5.74, 6) is -0.167. The number of carbonyl (C=O) groups excluding carboxylic acids is 1. The second-order valence-electron chi connectivity index (χ2n) is 2.65. The lowest BCUT2D eigenvalue weighted by atomic mass is 10.2. The van der Waals surface area contributed by atoms with Crippen LogP contribution in [0, 0.1) is 18.3 Å². The number of nitriles is 1. The van der Waals surface area contributed by atoms with Crippen LogP contribution in [0.2, 0.25) is 0 Å². The first-order valence-electron chi connectivity index (χ1n) is 3.78. The van der Waals surface area contributed by atoms with E-state index in [-0.39, 0.29) is 5.91 Å². The topological polar surface area (TPSA) is 65.8 Å². The van der Waals surface area contributed by atoms with Crippen LogP contribution in [0.4, 0.5) is 5.69 Å². The van der Waals surface area contributed by atoms with E-state index in [9.17, 15) is 4.79 Å². The van der Waals surface area contributed by atoms with Crippen LogP contribution < -0.4 is 5.32 Å². The molecule has 1 aromatic rings. The molecule has 0 aliphatic carbocycles. The predicted molar refractivity (Wildman–Crippen MR) is 48.0 cm³/mol. The molecule has 0 spiro atoms. The van der Waals surface area contributed by atoms with Crippen molar-refractivity contribution in [3.63, 3.8) is 0 Å². The van der Waals surface area contributed by atoms with Crippen LogP contribution in [0.3, 0.4) is 0 Å². The second-order valence-corrected chi connectivity index (χ2v) is 2.65. The Bertz CT molecular complexity index is 379. The summed E-state index contributed by atoms with van der Waals surface area (Å²) >= 11 is 0. The Balaban J connectivity index is 3.05. The van der Waals surface area contributed by atoms with Gasteiger partial charge in [-0.2, -0.15) is 5.26 Å². The number of amides is 1. The van der Waals surface area contributed by atoms with Gasteiger partial charge in [-0.15, -0.1) is 0 Å². The monoisotopic (exact) mass is 175 g/mol. The molecule has 1 aromatic heterocycles. The molecule has 0 aliphatic heterocycles. The van der Waals surface area contributed by atoms with E-state index in [1.54, 1.807) is 13.0 Å². The van der Waals surface area contributed by atoms with Gasteiger partial charge in [0, 0.05) is 13.1 Å². The smallest absolute Gasteiger partial charge is 0.221 e. The van der Waals surface area contributed by atoms with E-state index >= 15 is 0 Å². The molecule has 0 saturated heterocycles. The summed E-state index contributed by atoms with van der Waals surface area (Å²) in [4.78, 5) is 14.7. The maximum atomic E-state index is 10.7. The first-order chi connectivity index (χ1) is 6.13. The van der Waals surface area contributed by atoms with Crippen molar-refractivity contribution in [2.75, 3.05) is 5.32 Å². The lowest BCUT2D eigenvalue weighted by Crippen LogP contribution is -2.08. The highest BCUT2D eigenvalue weighted by Gasteiger charge is 2.02. The molecule has 0 aromatic carbocycles. The molecule has 4 nitrogen and oxygen atoms in total. The van der Waals surface area contributed by atoms with E-state index < -0.39 is 0 Å². The van der Waals surface area contributed by atoms with Crippen molar-refractivity contribution in [3.05, 3.63) is 23.5 Å². The van der Waals surface area contributed by atoms with Crippen molar-refractivity contribution in [3.8, 4) is 6.07 Å².